The average molecular weight is 286 g/mol. The number of nitrogens with zero attached hydrogens (tertiary/aromatic N) is 1. The molecule has 1 heterocycles. The van der Waals surface area contributed by atoms with Gasteiger partial charge < -0.3 is 4.57 Å². The van der Waals surface area contributed by atoms with Crippen LogP contribution in [0.4, 0.5) is 0 Å². The van der Waals surface area contributed by atoms with E-state index in [9.17, 15) is 8.42 Å². The Balaban J connectivity index is 2.08. The van der Waals surface area contributed by atoms with Gasteiger partial charge in [0.2, 0.25) is 10.0 Å². The fourth-order valence-corrected chi connectivity index (χ4v) is 2.94. The molecular weight excluding hydrogens is 272 g/mol. The van der Waals surface area contributed by atoms with Gasteiger partial charge in [0.15, 0.2) is 0 Å². The van der Waals surface area contributed by atoms with E-state index in [2.05, 4.69) is 4.72 Å². The molecule has 0 aliphatic rings. The number of fused-ring (bicyclic) bond motifs is 1. The third-order valence-electron chi connectivity index (χ3n) is 3.29. The normalized spacial score (nSPS) is 11.8. The number of benzene rings is 2. The first-order chi connectivity index (χ1) is 9.62. The predicted octanol–water partition coefficient (Wildman–Crippen LogP) is 2.54. The Kier molecular flexibility index (Phi) is 3.08. The monoisotopic (exact) mass is 286 g/mol. The number of rotatable bonds is 3. The first kappa shape index (κ1) is 12.9. The molecule has 0 fully saturated rings. The fourth-order valence-electron chi connectivity index (χ4n) is 2.21. The van der Waals surface area contributed by atoms with E-state index in [1.807, 2.05) is 41.1 Å². The van der Waals surface area contributed by atoms with E-state index >= 15 is 0 Å². The van der Waals surface area contributed by atoms with Crippen LogP contribution in [0.5, 0.6) is 0 Å². The minimum absolute atomic E-state index is 0.264. The summed E-state index contributed by atoms with van der Waals surface area (Å²) in [6.07, 6.45) is 1.98. The maximum Gasteiger partial charge on any atom is 0.240 e. The van der Waals surface area contributed by atoms with Crippen LogP contribution in [0.3, 0.4) is 0 Å². The molecule has 0 radical (unpaired) electrons. The van der Waals surface area contributed by atoms with Gasteiger partial charge in [0, 0.05) is 11.9 Å². The third-order valence-corrected chi connectivity index (χ3v) is 4.72. The Morgan fingerprint density at radius 2 is 1.65 bits per heavy atom. The van der Waals surface area contributed by atoms with Gasteiger partial charge in [-0.15, -0.1) is 0 Å². The van der Waals surface area contributed by atoms with Gasteiger partial charge in [0.25, 0.3) is 0 Å². The highest BCUT2D eigenvalue weighted by Gasteiger charge is 2.11. The highest BCUT2D eigenvalue weighted by atomic mass is 32.2. The van der Waals surface area contributed by atoms with Gasteiger partial charge >= 0.3 is 0 Å². The lowest BCUT2D eigenvalue weighted by Crippen LogP contribution is -2.18. The molecule has 3 aromatic rings. The second-order valence-electron chi connectivity index (χ2n) is 4.45. The standard InChI is InChI=1S/C15H14N2O2S/c1-16-20(18,19)14-8-6-13(7-9-14)17-11-10-12-4-2-3-5-15(12)17/h2-11,16H,1H3. The Labute approximate surface area is 117 Å². The van der Waals surface area contributed by atoms with E-state index < -0.39 is 10.0 Å². The molecule has 2 aromatic carbocycles. The Morgan fingerprint density at radius 1 is 0.950 bits per heavy atom. The van der Waals surface area contributed by atoms with Crippen molar-refractivity contribution in [3.8, 4) is 5.69 Å². The zero-order valence-corrected chi connectivity index (χ0v) is 11.8. The van der Waals surface area contributed by atoms with Crippen LogP contribution < -0.4 is 4.72 Å². The Bertz CT molecular complexity index is 849. The van der Waals surface area contributed by atoms with Crippen molar-refractivity contribution in [1.82, 2.24) is 9.29 Å². The minimum Gasteiger partial charge on any atom is -0.317 e. The number of aromatic nitrogens is 1. The number of para-hydroxylation sites is 1. The summed E-state index contributed by atoms with van der Waals surface area (Å²) in [6.45, 7) is 0. The molecule has 0 spiro atoms. The van der Waals surface area contributed by atoms with Crippen LogP contribution in [0.2, 0.25) is 0 Å². The van der Waals surface area contributed by atoms with E-state index in [1.54, 1.807) is 24.3 Å². The van der Waals surface area contributed by atoms with Crippen LogP contribution >= 0.6 is 0 Å². The van der Waals surface area contributed by atoms with E-state index in [1.165, 1.54) is 7.05 Å². The third kappa shape index (κ3) is 2.11. The molecule has 5 heteroatoms. The van der Waals surface area contributed by atoms with Crippen molar-refractivity contribution in [2.45, 2.75) is 4.90 Å². The first-order valence-corrected chi connectivity index (χ1v) is 7.70. The quantitative estimate of drug-likeness (QED) is 0.804. The average Bonchev–Trinajstić information content (AvgIpc) is 2.91. The molecule has 0 saturated heterocycles. The van der Waals surface area contributed by atoms with Crippen molar-refractivity contribution < 1.29 is 8.42 Å². The largest absolute Gasteiger partial charge is 0.317 e. The van der Waals surface area contributed by atoms with E-state index in [4.69, 9.17) is 0 Å². The molecule has 1 N–H and O–H groups in total. The van der Waals surface area contributed by atoms with E-state index in [0.29, 0.717) is 0 Å². The molecule has 102 valence electrons. The van der Waals surface area contributed by atoms with Gasteiger partial charge in [-0.3, -0.25) is 0 Å². The number of hydrogen-bond donors (Lipinski definition) is 1. The summed E-state index contributed by atoms with van der Waals surface area (Å²) in [5.74, 6) is 0. The summed E-state index contributed by atoms with van der Waals surface area (Å²) in [6, 6.07) is 16.9. The summed E-state index contributed by atoms with van der Waals surface area (Å²) in [7, 11) is -1.98. The van der Waals surface area contributed by atoms with Crippen LogP contribution in [-0.2, 0) is 10.0 Å². The molecule has 0 unspecified atom stereocenters. The van der Waals surface area contributed by atoms with Gasteiger partial charge in [-0.05, 0) is 48.8 Å². The van der Waals surface area contributed by atoms with Crippen molar-refractivity contribution in [3.63, 3.8) is 0 Å². The number of sulfonamides is 1. The molecule has 4 nitrogen and oxygen atoms in total. The van der Waals surface area contributed by atoms with Crippen LogP contribution in [0, 0.1) is 0 Å². The van der Waals surface area contributed by atoms with Crippen LogP contribution in [0.1, 0.15) is 0 Å². The molecule has 0 bridgehead atoms. The van der Waals surface area contributed by atoms with Crippen molar-refractivity contribution >= 4 is 20.9 Å². The lowest BCUT2D eigenvalue weighted by molar-refractivity contribution is 0.588. The molecule has 1 aromatic heterocycles. The van der Waals surface area contributed by atoms with Crippen molar-refractivity contribution in [3.05, 3.63) is 60.8 Å². The van der Waals surface area contributed by atoms with Crippen molar-refractivity contribution in [2.24, 2.45) is 0 Å². The van der Waals surface area contributed by atoms with Crippen LogP contribution in [0.25, 0.3) is 16.6 Å². The zero-order valence-electron chi connectivity index (χ0n) is 10.9. The molecule has 3 rings (SSSR count). The van der Waals surface area contributed by atoms with Gasteiger partial charge in [0.1, 0.15) is 0 Å². The molecule has 0 aliphatic heterocycles. The minimum atomic E-state index is -3.39. The second kappa shape index (κ2) is 4.77. The summed E-state index contributed by atoms with van der Waals surface area (Å²) in [5, 5.41) is 1.15. The Hall–Kier alpha value is -2.11. The number of nitrogens with one attached hydrogen (secondary N) is 1. The lowest BCUT2D eigenvalue weighted by Gasteiger charge is -2.07. The predicted molar refractivity (Wildman–Crippen MR) is 79.5 cm³/mol. The van der Waals surface area contributed by atoms with E-state index in [0.717, 1.165) is 16.6 Å². The van der Waals surface area contributed by atoms with Gasteiger partial charge in [-0.2, -0.15) is 0 Å². The highest BCUT2D eigenvalue weighted by Crippen LogP contribution is 2.21. The maximum absolute atomic E-state index is 11.7. The second-order valence-corrected chi connectivity index (χ2v) is 6.33. The van der Waals surface area contributed by atoms with Gasteiger partial charge in [0.05, 0.1) is 10.4 Å². The summed E-state index contributed by atoms with van der Waals surface area (Å²) >= 11 is 0. The number of hydrogen-bond acceptors (Lipinski definition) is 2. The molecule has 0 amide bonds. The lowest BCUT2D eigenvalue weighted by atomic mass is 10.2. The summed E-state index contributed by atoms with van der Waals surface area (Å²) in [4.78, 5) is 0.264. The molecule has 20 heavy (non-hydrogen) atoms. The maximum atomic E-state index is 11.7. The van der Waals surface area contributed by atoms with Crippen molar-refractivity contribution in [1.29, 1.82) is 0 Å². The molecule has 0 saturated carbocycles. The van der Waals surface area contributed by atoms with Gasteiger partial charge in [-0.25, -0.2) is 13.1 Å². The summed E-state index contributed by atoms with van der Waals surface area (Å²) < 4.78 is 27.7. The first-order valence-electron chi connectivity index (χ1n) is 6.22. The highest BCUT2D eigenvalue weighted by molar-refractivity contribution is 7.89. The molecule has 0 atom stereocenters. The van der Waals surface area contributed by atoms with Crippen molar-refractivity contribution in [2.75, 3.05) is 7.05 Å². The molecular formula is C15H14N2O2S. The van der Waals surface area contributed by atoms with Crippen LogP contribution in [0.15, 0.2) is 65.7 Å². The smallest absolute Gasteiger partial charge is 0.240 e. The zero-order chi connectivity index (χ0) is 14.2. The summed E-state index contributed by atoms with van der Waals surface area (Å²) in [5.41, 5.74) is 2.03. The Morgan fingerprint density at radius 3 is 2.35 bits per heavy atom. The fraction of sp³-hybridized carbons (Fsp3) is 0.0667. The topological polar surface area (TPSA) is 51.1 Å². The SMILES string of the molecule is CNS(=O)(=O)c1ccc(-n2ccc3ccccc32)cc1. The van der Waals surface area contributed by atoms with E-state index in [-0.39, 0.29) is 4.90 Å². The van der Waals surface area contributed by atoms with Gasteiger partial charge in [-0.1, -0.05) is 18.2 Å². The molecule has 0 aliphatic carbocycles. The van der Waals surface area contributed by atoms with Crippen LogP contribution in [-0.4, -0.2) is 20.0 Å².